The van der Waals surface area contributed by atoms with Crippen LogP contribution in [0.5, 0.6) is 0 Å². The van der Waals surface area contributed by atoms with Crippen molar-refractivity contribution in [2.45, 2.75) is 27.7 Å². The molecule has 16 heavy (non-hydrogen) atoms. The number of hydrogen-bond donors (Lipinski definition) is 0. The van der Waals surface area contributed by atoms with Gasteiger partial charge in [-0.25, -0.2) is 0 Å². The summed E-state index contributed by atoms with van der Waals surface area (Å²) in [4.78, 5) is 0. The van der Waals surface area contributed by atoms with Crippen molar-refractivity contribution in [3.05, 3.63) is 22.3 Å². The third-order valence-electron chi connectivity index (χ3n) is 2.88. The lowest BCUT2D eigenvalue weighted by Gasteiger charge is -2.20. The fourth-order valence-electron chi connectivity index (χ4n) is 1.78. The zero-order chi connectivity index (χ0) is 12.6. The summed E-state index contributed by atoms with van der Waals surface area (Å²) in [6, 6.07) is 0. The maximum absolute atomic E-state index is 6.06. The third-order valence-corrected chi connectivity index (χ3v) is 6.93. The molecule has 0 aliphatic carbocycles. The Morgan fingerprint density at radius 2 is 0.750 bits per heavy atom. The van der Waals surface area contributed by atoms with E-state index < -0.39 is 13.3 Å². The second-order valence-corrected chi connectivity index (χ2v) is 10.6. The molecule has 0 unspecified atom stereocenters. The predicted octanol–water partition coefficient (Wildman–Crippen LogP) is 5.75. The van der Waals surface area contributed by atoms with Crippen LogP contribution in [0.2, 0.25) is 0 Å². The van der Waals surface area contributed by atoms with Crippen LogP contribution in [-0.2, 0) is 0 Å². The molecule has 0 atom stereocenters. The quantitative estimate of drug-likeness (QED) is 0.603. The molecule has 0 saturated heterocycles. The Hall–Kier alpha value is 1.24. The lowest BCUT2D eigenvalue weighted by atomic mass is 10.0. The molecule has 0 aliphatic heterocycles. The van der Waals surface area contributed by atoms with Crippen LogP contribution in [0.25, 0.3) is 0 Å². The van der Waals surface area contributed by atoms with E-state index in [1.807, 2.05) is 27.7 Å². The Morgan fingerprint density at radius 1 is 0.562 bits per heavy atom. The minimum atomic E-state index is -1.14. The van der Waals surface area contributed by atoms with Crippen molar-refractivity contribution in [2.75, 3.05) is 0 Å². The van der Waals surface area contributed by atoms with Gasteiger partial charge in [0.15, 0.2) is 0 Å². The van der Waals surface area contributed by atoms with Crippen molar-refractivity contribution in [3.63, 3.8) is 0 Å². The van der Waals surface area contributed by atoms with Gasteiger partial charge < -0.3 is 0 Å². The van der Waals surface area contributed by atoms with Gasteiger partial charge in [-0.3, -0.25) is 0 Å². The van der Waals surface area contributed by atoms with Crippen LogP contribution in [0, 0.1) is 27.7 Å². The highest BCUT2D eigenvalue weighted by molar-refractivity contribution is 8.09. The maximum atomic E-state index is 6.06. The lowest BCUT2D eigenvalue weighted by molar-refractivity contribution is 1.31. The van der Waals surface area contributed by atoms with Crippen LogP contribution in [0.15, 0.2) is 0 Å². The molecule has 0 bridgehead atoms. The van der Waals surface area contributed by atoms with Gasteiger partial charge in [0.25, 0.3) is 0 Å². The summed E-state index contributed by atoms with van der Waals surface area (Å²) in [5, 5.41) is 2.09. The Bertz CT molecular complexity index is 348. The monoisotopic (exact) mass is 334 g/mol. The van der Waals surface area contributed by atoms with Crippen LogP contribution in [0.4, 0.5) is 0 Å². The maximum Gasteiger partial charge on any atom is 0.117 e. The van der Waals surface area contributed by atoms with Gasteiger partial charge in [-0.05, 0) is 49.9 Å². The summed E-state index contributed by atoms with van der Waals surface area (Å²) < 4.78 is 0. The van der Waals surface area contributed by atoms with E-state index >= 15 is 0 Å². The third kappa shape index (κ3) is 2.80. The molecule has 0 nitrogen and oxygen atoms in total. The summed E-state index contributed by atoms with van der Waals surface area (Å²) >= 11 is 24.2. The molecule has 0 N–H and O–H groups in total. The van der Waals surface area contributed by atoms with Crippen molar-refractivity contribution < 1.29 is 0 Å². The van der Waals surface area contributed by atoms with Gasteiger partial charge in [-0.15, -0.1) is 0 Å². The molecule has 1 aromatic carbocycles. The second kappa shape index (κ2) is 5.92. The summed E-state index contributed by atoms with van der Waals surface area (Å²) in [6.07, 6.45) is 0. The first kappa shape index (κ1) is 15.3. The molecule has 0 spiro atoms. The van der Waals surface area contributed by atoms with Crippen molar-refractivity contribution in [3.8, 4) is 0 Å². The molecule has 0 saturated carbocycles. The first-order valence-corrected chi connectivity index (χ1v) is 10.9. The summed E-state index contributed by atoms with van der Waals surface area (Å²) in [5.41, 5.74) is 4.46. The molecule has 0 heterocycles. The van der Waals surface area contributed by atoms with Crippen molar-refractivity contribution in [2.24, 2.45) is 0 Å². The molecule has 0 aliphatic rings. The molecule has 0 amide bonds. The Balaban J connectivity index is 3.63. The SMILES string of the molecule is Cc1c(C)c(P(Cl)Cl)c(C)c(C)c1P(Cl)Cl. The van der Waals surface area contributed by atoms with Crippen LogP contribution < -0.4 is 10.6 Å². The lowest BCUT2D eigenvalue weighted by Crippen LogP contribution is -2.20. The smallest absolute Gasteiger partial charge is 0.0727 e. The molecule has 0 fully saturated rings. The molecule has 0 aromatic heterocycles. The van der Waals surface area contributed by atoms with Gasteiger partial charge in [0.2, 0.25) is 0 Å². The highest BCUT2D eigenvalue weighted by Gasteiger charge is 2.21. The van der Waals surface area contributed by atoms with Crippen molar-refractivity contribution in [1.82, 2.24) is 0 Å². The number of hydrogen-bond acceptors (Lipinski definition) is 0. The van der Waals surface area contributed by atoms with E-state index in [2.05, 4.69) is 0 Å². The van der Waals surface area contributed by atoms with Crippen LogP contribution in [0.3, 0.4) is 0 Å². The van der Waals surface area contributed by atoms with Gasteiger partial charge in [0.1, 0.15) is 13.3 Å². The standard InChI is InChI=1S/C10H12Cl4P2/c1-5-6(2)10(16(13)14)8(4)7(3)9(5)15(11)12/h1-4H3. The normalized spacial score (nSPS) is 11.6. The highest BCUT2D eigenvalue weighted by Crippen LogP contribution is 2.51. The van der Waals surface area contributed by atoms with E-state index in [9.17, 15) is 0 Å². The average molecular weight is 336 g/mol. The minimum absolute atomic E-state index is 1.04. The molecule has 1 aromatic rings. The number of rotatable bonds is 2. The Kier molecular flexibility index (Phi) is 5.66. The number of benzene rings is 1. The van der Waals surface area contributed by atoms with Crippen LogP contribution in [0.1, 0.15) is 22.3 Å². The zero-order valence-corrected chi connectivity index (χ0v) is 14.2. The van der Waals surface area contributed by atoms with E-state index in [-0.39, 0.29) is 0 Å². The minimum Gasteiger partial charge on any atom is -0.0727 e. The topological polar surface area (TPSA) is 0 Å². The van der Waals surface area contributed by atoms with Gasteiger partial charge in [-0.2, -0.15) is 0 Å². The molecular formula is C10H12Cl4P2. The molecule has 90 valence electrons. The fourth-order valence-corrected chi connectivity index (χ4v) is 6.51. The van der Waals surface area contributed by atoms with Gasteiger partial charge in [-0.1, -0.05) is 45.0 Å². The molecule has 0 radical (unpaired) electrons. The first-order valence-electron chi connectivity index (χ1n) is 4.62. The van der Waals surface area contributed by atoms with Gasteiger partial charge in [0.05, 0.1) is 0 Å². The Labute approximate surface area is 118 Å². The summed E-state index contributed by atoms with van der Waals surface area (Å²) in [7, 11) is 0. The summed E-state index contributed by atoms with van der Waals surface area (Å²) in [5.74, 6) is 0. The van der Waals surface area contributed by atoms with Gasteiger partial charge in [0, 0.05) is 10.6 Å². The first-order chi connectivity index (χ1) is 7.29. The second-order valence-electron chi connectivity index (χ2n) is 3.66. The van der Waals surface area contributed by atoms with E-state index in [0.29, 0.717) is 0 Å². The van der Waals surface area contributed by atoms with Crippen LogP contribution >= 0.6 is 58.2 Å². The zero-order valence-electron chi connectivity index (χ0n) is 9.41. The molecular weight excluding hydrogens is 324 g/mol. The highest BCUT2D eigenvalue weighted by atomic mass is 35.9. The predicted molar refractivity (Wildman–Crippen MR) is 81.9 cm³/mol. The van der Waals surface area contributed by atoms with Crippen molar-refractivity contribution >= 4 is 68.8 Å². The van der Waals surface area contributed by atoms with E-state index in [1.165, 1.54) is 0 Å². The molecule has 6 heteroatoms. The Morgan fingerprint density at radius 3 is 0.875 bits per heavy atom. The molecule has 1 rings (SSSR count). The largest absolute Gasteiger partial charge is 0.117 e. The van der Waals surface area contributed by atoms with E-state index in [0.717, 1.165) is 32.9 Å². The van der Waals surface area contributed by atoms with Crippen molar-refractivity contribution in [1.29, 1.82) is 0 Å². The van der Waals surface area contributed by atoms with E-state index in [1.54, 1.807) is 0 Å². The fraction of sp³-hybridized carbons (Fsp3) is 0.400. The van der Waals surface area contributed by atoms with Crippen LogP contribution in [-0.4, -0.2) is 0 Å². The number of halogens is 4. The van der Waals surface area contributed by atoms with Gasteiger partial charge >= 0.3 is 0 Å². The average Bonchev–Trinajstić information content (AvgIpc) is 2.14. The van der Waals surface area contributed by atoms with E-state index in [4.69, 9.17) is 45.0 Å². The summed E-state index contributed by atoms with van der Waals surface area (Å²) in [6.45, 7) is 5.81.